The van der Waals surface area contributed by atoms with Crippen LogP contribution in [0.1, 0.15) is 23.3 Å². The molecule has 10 nitrogen and oxygen atoms in total. The van der Waals surface area contributed by atoms with Crippen molar-refractivity contribution in [3.63, 3.8) is 0 Å². The minimum Gasteiger partial charge on any atom is -0.483 e. The molecule has 3 saturated heterocycles. The van der Waals surface area contributed by atoms with Crippen LogP contribution in [0.4, 0.5) is 5.69 Å². The number of aromatic nitrogens is 2. The molecule has 11 heteroatoms. The minimum absolute atomic E-state index is 0.152. The van der Waals surface area contributed by atoms with Gasteiger partial charge < -0.3 is 15.3 Å². The molecule has 2 aromatic rings. The van der Waals surface area contributed by atoms with Gasteiger partial charge in [0.05, 0.1) is 11.8 Å². The van der Waals surface area contributed by atoms with Crippen LogP contribution < -0.4 is 10.0 Å². The highest BCUT2D eigenvalue weighted by molar-refractivity contribution is 7.92. The molecule has 4 heterocycles. The lowest BCUT2D eigenvalue weighted by molar-refractivity contribution is -0.122. The molecular formula is C17H23N5O5S. The Morgan fingerprint density at radius 2 is 2.04 bits per heavy atom. The fraction of sp³-hybridized carbons (Fsp3) is 0.471. The highest BCUT2D eigenvalue weighted by Crippen LogP contribution is 2.28. The van der Waals surface area contributed by atoms with E-state index in [1.165, 1.54) is 0 Å². The molecule has 3 aliphatic rings. The normalized spacial score (nSPS) is 23.5. The maximum absolute atomic E-state index is 12.7. The van der Waals surface area contributed by atoms with Gasteiger partial charge in [0.25, 0.3) is 12.4 Å². The second kappa shape index (κ2) is 8.15. The van der Waals surface area contributed by atoms with Crippen LogP contribution >= 0.6 is 0 Å². The van der Waals surface area contributed by atoms with Crippen molar-refractivity contribution in [3.05, 3.63) is 23.9 Å². The van der Waals surface area contributed by atoms with Crippen LogP contribution in [0.5, 0.6) is 0 Å². The lowest BCUT2D eigenvalue weighted by atomic mass is 9.84. The van der Waals surface area contributed by atoms with E-state index in [9.17, 15) is 13.2 Å². The Kier molecular flexibility index (Phi) is 5.84. The number of rotatable bonds is 4. The van der Waals surface area contributed by atoms with E-state index < -0.39 is 10.0 Å². The molecule has 3 aliphatic heterocycles. The van der Waals surface area contributed by atoms with Crippen LogP contribution in [-0.4, -0.2) is 72.9 Å². The Balaban J connectivity index is 0.000000706. The van der Waals surface area contributed by atoms with Crippen molar-refractivity contribution in [2.45, 2.75) is 18.9 Å². The average molecular weight is 409 g/mol. The number of H-pyrrole nitrogens is 1. The molecule has 3 fully saturated rings. The Hall–Kier alpha value is -2.66. The number of nitrogens with zero attached hydrogens (tertiary/aromatic N) is 2. The summed E-state index contributed by atoms with van der Waals surface area (Å²) >= 11 is 0. The first-order chi connectivity index (χ1) is 13.3. The Morgan fingerprint density at radius 3 is 2.61 bits per heavy atom. The van der Waals surface area contributed by atoms with Crippen LogP contribution in [0, 0.1) is 5.92 Å². The first-order valence-electron chi connectivity index (χ1n) is 8.87. The summed E-state index contributed by atoms with van der Waals surface area (Å²) < 4.78 is 25.2. The van der Waals surface area contributed by atoms with Crippen LogP contribution in [0.15, 0.2) is 18.2 Å². The monoisotopic (exact) mass is 409 g/mol. The van der Waals surface area contributed by atoms with Gasteiger partial charge in [-0.15, -0.1) is 0 Å². The van der Waals surface area contributed by atoms with E-state index in [2.05, 4.69) is 25.1 Å². The summed E-state index contributed by atoms with van der Waals surface area (Å²) in [6.07, 6.45) is 3.33. The second-order valence-electron chi connectivity index (χ2n) is 7.03. The van der Waals surface area contributed by atoms with Crippen molar-refractivity contribution in [1.29, 1.82) is 0 Å². The van der Waals surface area contributed by atoms with Gasteiger partial charge in [0.2, 0.25) is 10.0 Å². The van der Waals surface area contributed by atoms with E-state index in [4.69, 9.17) is 9.90 Å². The van der Waals surface area contributed by atoms with Crippen LogP contribution in [0.25, 0.3) is 10.9 Å². The number of carbonyl (C=O) groups is 2. The maximum atomic E-state index is 12.7. The zero-order chi connectivity index (χ0) is 20.3. The zero-order valence-corrected chi connectivity index (χ0v) is 16.2. The van der Waals surface area contributed by atoms with Gasteiger partial charge in [0, 0.05) is 23.7 Å². The van der Waals surface area contributed by atoms with Gasteiger partial charge in [-0.2, -0.15) is 5.10 Å². The fourth-order valence-corrected chi connectivity index (χ4v) is 4.39. The van der Waals surface area contributed by atoms with Gasteiger partial charge in [-0.25, -0.2) is 8.42 Å². The first kappa shape index (κ1) is 20.1. The number of aromatic amines is 1. The number of sulfonamides is 1. The average Bonchev–Trinajstić information content (AvgIpc) is 3.05. The van der Waals surface area contributed by atoms with Gasteiger partial charge in [-0.3, -0.25) is 19.4 Å². The second-order valence-corrected chi connectivity index (χ2v) is 8.78. The summed E-state index contributed by atoms with van der Waals surface area (Å²) in [5, 5.41) is 17.6. The van der Waals surface area contributed by atoms with E-state index in [1.54, 1.807) is 18.2 Å². The van der Waals surface area contributed by atoms with Gasteiger partial charge >= 0.3 is 0 Å². The molecule has 1 aromatic heterocycles. The standard InChI is InChI=1S/C16H21N5O3S.CH2O2/c1-25(23,24)20-11-2-3-13-12(8-11)15(19-18-13)16(22)17-14-9-21-6-4-10(14)5-7-21;2-1-3/h2-3,8,10,14,20H,4-7,9H2,1H3,(H,17,22)(H,18,19);1H,(H,2,3)/t14-;/m1./s1. The third-order valence-electron chi connectivity index (χ3n) is 5.05. The SMILES string of the molecule is CS(=O)(=O)Nc1ccc2[nH]nc(C(=O)N[C@@H]3CN4CCC3CC4)c2c1.O=CO. The van der Waals surface area contributed by atoms with Gasteiger partial charge in [-0.05, 0) is 50.0 Å². The van der Waals surface area contributed by atoms with Gasteiger partial charge in [0.1, 0.15) is 0 Å². The minimum atomic E-state index is -3.38. The van der Waals surface area contributed by atoms with Crippen molar-refractivity contribution < 1.29 is 23.1 Å². The Labute approximate surface area is 162 Å². The number of carboxylic acid groups (broad SMARTS) is 1. The number of nitrogens with one attached hydrogen (secondary N) is 3. The Bertz CT molecular complexity index is 965. The molecule has 1 aromatic carbocycles. The largest absolute Gasteiger partial charge is 0.483 e. The van der Waals surface area contributed by atoms with E-state index in [1.807, 2.05) is 0 Å². The highest BCUT2D eigenvalue weighted by atomic mass is 32.2. The molecule has 152 valence electrons. The number of hydrogen-bond donors (Lipinski definition) is 4. The summed E-state index contributed by atoms with van der Waals surface area (Å²) in [6.45, 7) is 2.87. The predicted molar refractivity (Wildman–Crippen MR) is 104 cm³/mol. The number of fused-ring (bicyclic) bond motifs is 4. The van der Waals surface area contributed by atoms with Crippen molar-refractivity contribution in [3.8, 4) is 0 Å². The smallest absolute Gasteiger partial charge is 0.290 e. The maximum Gasteiger partial charge on any atom is 0.290 e. The molecular weight excluding hydrogens is 386 g/mol. The van der Waals surface area contributed by atoms with E-state index in [0.717, 1.165) is 38.7 Å². The first-order valence-corrected chi connectivity index (χ1v) is 10.8. The number of hydrogen-bond acceptors (Lipinski definition) is 6. The van der Waals surface area contributed by atoms with Crippen molar-refractivity contribution >= 4 is 39.0 Å². The molecule has 1 atom stereocenters. The summed E-state index contributed by atoms with van der Waals surface area (Å²) in [7, 11) is -3.38. The van der Waals surface area contributed by atoms with Crippen molar-refractivity contribution in [2.75, 3.05) is 30.6 Å². The lowest BCUT2D eigenvalue weighted by Crippen LogP contribution is -2.57. The topological polar surface area (TPSA) is 144 Å². The fourth-order valence-electron chi connectivity index (χ4n) is 3.83. The molecule has 0 saturated carbocycles. The molecule has 2 bridgehead atoms. The molecule has 1 amide bonds. The molecule has 5 rings (SSSR count). The number of carbonyl (C=O) groups excluding carboxylic acids is 1. The number of benzene rings is 1. The molecule has 0 aliphatic carbocycles. The molecule has 0 radical (unpaired) electrons. The van der Waals surface area contributed by atoms with Crippen LogP contribution in [0.3, 0.4) is 0 Å². The highest BCUT2D eigenvalue weighted by Gasteiger charge is 2.35. The predicted octanol–water partition coefficient (Wildman–Crippen LogP) is 0.459. The lowest BCUT2D eigenvalue weighted by Gasteiger charge is -2.44. The molecule has 4 N–H and O–H groups in total. The summed E-state index contributed by atoms with van der Waals surface area (Å²) in [4.78, 5) is 23.4. The van der Waals surface area contributed by atoms with E-state index in [-0.39, 0.29) is 18.4 Å². The third kappa shape index (κ3) is 4.60. The van der Waals surface area contributed by atoms with E-state index >= 15 is 0 Å². The Morgan fingerprint density at radius 1 is 1.36 bits per heavy atom. The third-order valence-corrected chi connectivity index (χ3v) is 5.66. The zero-order valence-electron chi connectivity index (χ0n) is 15.4. The quantitative estimate of drug-likeness (QED) is 0.537. The van der Waals surface area contributed by atoms with Crippen molar-refractivity contribution in [2.24, 2.45) is 5.92 Å². The molecule has 0 spiro atoms. The van der Waals surface area contributed by atoms with Gasteiger partial charge in [-0.1, -0.05) is 0 Å². The van der Waals surface area contributed by atoms with Crippen LogP contribution in [-0.2, 0) is 14.8 Å². The van der Waals surface area contributed by atoms with Crippen molar-refractivity contribution in [1.82, 2.24) is 20.4 Å². The molecule has 28 heavy (non-hydrogen) atoms. The summed E-state index contributed by atoms with van der Waals surface area (Å²) in [6, 6.07) is 5.13. The van der Waals surface area contributed by atoms with E-state index in [0.29, 0.717) is 28.2 Å². The summed E-state index contributed by atoms with van der Waals surface area (Å²) in [5.74, 6) is 0.308. The van der Waals surface area contributed by atoms with Gasteiger partial charge in [0.15, 0.2) is 5.69 Å². The summed E-state index contributed by atoms with van der Waals surface area (Å²) in [5.41, 5.74) is 1.40. The number of piperidine rings is 3. The number of anilines is 1. The van der Waals surface area contributed by atoms with Crippen LogP contribution in [0.2, 0.25) is 0 Å². The number of amides is 1. The molecule has 0 unspecified atom stereocenters.